The van der Waals surface area contributed by atoms with Crippen LogP contribution in [0.4, 0.5) is 23.7 Å². The number of methoxy groups -OCH3 is 1. The van der Waals surface area contributed by atoms with E-state index < -0.39 is 17.8 Å². The van der Waals surface area contributed by atoms with Crippen LogP contribution in [0, 0.1) is 0 Å². The number of alkyl halides is 3. The molecular formula is C32H35F3N4O3. The smallest absolute Gasteiger partial charge is 0.383 e. The van der Waals surface area contributed by atoms with Crippen molar-refractivity contribution in [3.8, 4) is 0 Å². The van der Waals surface area contributed by atoms with Gasteiger partial charge in [0.1, 0.15) is 6.54 Å². The number of aromatic amines is 1. The Kier molecular flexibility index (Phi) is 10.2. The van der Waals surface area contributed by atoms with Crippen LogP contribution in [0.2, 0.25) is 0 Å². The summed E-state index contributed by atoms with van der Waals surface area (Å²) in [4.78, 5) is 33.2. The minimum absolute atomic E-state index is 0.0950. The maximum Gasteiger partial charge on any atom is 0.416 e. The summed E-state index contributed by atoms with van der Waals surface area (Å²) in [6, 6.07) is 19.6. The number of nitrogens with one attached hydrogen (secondary N) is 2. The summed E-state index contributed by atoms with van der Waals surface area (Å²) in [5.74, 6) is -0.329. The van der Waals surface area contributed by atoms with Crippen LogP contribution < -0.4 is 5.32 Å². The first kappa shape index (κ1) is 30.6. The third-order valence-corrected chi connectivity index (χ3v) is 7.15. The molecule has 0 radical (unpaired) electrons. The zero-order valence-corrected chi connectivity index (χ0v) is 23.7. The monoisotopic (exact) mass is 580 g/mol. The number of rotatable bonds is 12. The first-order valence-electron chi connectivity index (χ1n) is 13.8. The number of para-hydroxylation sites is 2. The van der Waals surface area contributed by atoms with Gasteiger partial charge in [0.05, 0.1) is 12.2 Å². The molecule has 0 aliphatic carbocycles. The number of urea groups is 1. The second-order valence-corrected chi connectivity index (χ2v) is 9.97. The van der Waals surface area contributed by atoms with Gasteiger partial charge in [0.2, 0.25) is 5.91 Å². The van der Waals surface area contributed by atoms with Crippen molar-refractivity contribution in [1.82, 2.24) is 14.8 Å². The van der Waals surface area contributed by atoms with Crippen molar-refractivity contribution in [2.75, 3.05) is 38.7 Å². The number of ether oxygens (including phenoxy) is 1. The molecule has 0 saturated carbocycles. The van der Waals surface area contributed by atoms with Crippen molar-refractivity contribution in [2.45, 2.75) is 32.5 Å². The van der Waals surface area contributed by atoms with Gasteiger partial charge in [0, 0.05) is 49.5 Å². The fraction of sp³-hybridized carbons (Fsp3) is 0.312. The van der Waals surface area contributed by atoms with Crippen molar-refractivity contribution < 1.29 is 27.5 Å². The highest BCUT2D eigenvalue weighted by molar-refractivity contribution is 5.93. The fourth-order valence-electron chi connectivity index (χ4n) is 4.77. The Morgan fingerprint density at radius 3 is 2.33 bits per heavy atom. The molecule has 0 unspecified atom stereocenters. The second kappa shape index (κ2) is 14.0. The van der Waals surface area contributed by atoms with Crippen LogP contribution in [-0.2, 0) is 35.1 Å². The Morgan fingerprint density at radius 1 is 0.905 bits per heavy atom. The number of hydrogen-bond donors (Lipinski definition) is 2. The number of aryl methyl sites for hydroxylation is 1. The molecule has 7 nitrogen and oxygen atoms in total. The summed E-state index contributed by atoms with van der Waals surface area (Å²) < 4.78 is 44.5. The van der Waals surface area contributed by atoms with Crippen LogP contribution in [0.25, 0.3) is 10.9 Å². The SMILES string of the molecule is CCc1ccccc1NC(=O)N(CCOC)CC(=O)N(CCc1c[nH]c2ccccc12)Cc1ccc(C(F)(F)F)cc1. The van der Waals surface area contributed by atoms with Crippen LogP contribution in [0.3, 0.4) is 0 Å². The molecule has 0 fully saturated rings. The fourth-order valence-corrected chi connectivity index (χ4v) is 4.77. The Morgan fingerprint density at radius 2 is 1.62 bits per heavy atom. The lowest BCUT2D eigenvalue weighted by atomic mass is 10.1. The van der Waals surface area contributed by atoms with Crippen LogP contribution in [0.1, 0.15) is 29.2 Å². The van der Waals surface area contributed by atoms with Gasteiger partial charge < -0.3 is 24.8 Å². The molecule has 0 saturated heterocycles. The second-order valence-electron chi connectivity index (χ2n) is 9.97. The quantitative estimate of drug-likeness (QED) is 0.201. The first-order valence-corrected chi connectivity index (χ1v) is 13.8. The Labute approximate surface area is 243 Å². The molecule has 0 spiro atoms. The number of amides is 3. The maximum absolute atomic E-state index is 13.7. The summed E-state index contributed by atoms with van der Waals surface area (Å²) >= 11 is 0. The van der Waals surface area contributed by atoms with Crippen LogP contribution >= 0.6 is 0 Å². The number of carbonyl (C=O) groups is 2. The van der Waals surface area contributed by atoms with Crippen molar-refractivity contribution in [2.24, 2.45) is 0 Å². The molecule has 10 heteroatoms. The molecule has 0 aliphatic rings. The molecule has 1 aromatic heterocycles. The number of H-pyrrole nitrogens is 1. The number of anilines is 1. The number of hydrogen-bond acceptors (Lipinski definition) is 3. The van der Waals surface area contributed by atoms with Crippen molar-refractivity contribution >= 4 is 28.5 Å². The number of halogens is 3. The highest BCUT2D eigenvalue weighted by Crippen LogP contribution is 2.29. The van der Waals surface area contributed by atoms with Crippen LogP contribution in [0.15, 0.2) is 79.0 Å². The predicted molar refractivity (Wildman–Crippen MR) is 157 cm³/mol. The van der Waals surface area contributed by atoms with Gasteiger partial charge in [-0.2, -0.15) is 13.2 Å². The topological polar surface area (TPSA) is 77.7 Å². The van der Waals surface area contributed by atoms with Gasteiger partial charge in [-0.1, -0.05) is 55.5 Å². The summed E-state index contributed by atoms with van der Waals surface area (Å²) in [6.07, 6.45) is -1.31. The summed E-state index contributed by atoms with van der Waals surface area (Å²) in [6.45, 7) is 2.57. The molecule has 0 aliphatic heterocycles. The van der Waals surface area contributed by atoms with Gasteiger partial charge in [-0.05, 0) is 53.8 Å². The molecular weight excluding hydrogens is 545 g/mol. The number of carbonyl (C=O) groups excluding carboxylic acids is 2. The Bertz CT molecular complexity index is 1480. The third-order valence-electron chi connectivity index (χ3n) is 7.15. The molecule has 1 heterocycles. The van der Waals surface area contributed by atoms with E-state index in [4.69, 9.17) is 4.74 Å². The van der Waals surface area contributed by atoms with Gasteiger partial charge in [0.15, 0.2) is 0 Å². The number of fused-ring (bicyclic) bond motifs is 1. The van der Waals surface area contributed by atoms with E-state index in [2.05, 4.69) is 10.3 Å². The predicted octanol–water partition coefficient (Wildman–Crippen LogP) is 6.50. The molecule has 4 aromatic rings. The molecule has 3 amide bonds. The highest BCUT2D eigenvalue weighted by Gasteiger charge is 2.30. The van der Waals surface area contributed by atoms with Gasteiger partial charge in [0.25, 0.3) is 0 Å². The largest absolute Gasteiger partial charge is 0.416 e. The van der Waals surface area contributed by atoms with Gasteiger partial charge in [-0.25, -0.2) is 4.79 Å². The highest BCUT2D eigenvalue weighted by atomic mass is 19.4. The van der Waals surface area contributed by atoms with Crippen molar-refractivity contribution in [1.29, 1.82) is 0 Å². The summed E-state index contributed by atoms with van der Waals surface area (Å²) in [7, 11) is 1.52. The molecule has 3 aromatic carbocycles. The number of benzene rings is 3. The zero-order chi connectivity index (χ0) is 30.1. The molecule has 4 rings (SSSR count). The number of aromatic nitrogens is 1. The minimum Gasteiger partial charge on any atom is -0.383 e. The van der Waals surface area contributed by atoms with Gasteiger partial charge >= 0.3 is 12.2 Å². The lowest BCUT2D eigenvalue weighted by molar-refractivity contribution is -0.137. The van der Waals surface area contributed by atoms with E-state index in [1.807, 2.05) is 61.7 Å². The van der Waals surface area contributed by atoms with E-state index in [0.717, 1.165) is 40.6 Å². The van der Waals surface area contributed by atoms with E-state index >= 15 is 0 Å². The Balaban J connectivity index is 1.54. The van der Waals surface area contributed by atoms with E-state index in [1.165, 1.54) is 24.1 Å². The lowest BCUT2D eigenvalue weighted by Crippen LogP contribution is -2.46. The molecule has 2 N–H and O–H groups in total. The number of nitrogens with zero attached hydrogens (tertiary/aromatic N) is 2. The lowest BCUT2D eigenvalue weighted by Gasteiger charge is -2.28. The normalized spacial score (nSPS) is 11.5. The average molecular weight is 581 g/mol. The average Bonchev–Trinajstić information content (AvgIpc) is 3.40. The Hall–Kier alpha value is -4.31. The van der Waals surface area contributed by atoms with E-state index in [9.17, 15) is 22.8 Å². The summed E-state index contributed by atoms with van der Waals surface area (Å²) in [5.41, 5.74) is 3.42. The third kappa shape index (κ3) is 7.91. The van der Waals surface area contributed by atoms with Crippen molar-refractivity contribution in [3.63, 3.8) is 0 Å². The van der Waals surface area contributed by atoms with Gasteiger partial charge in [-0.15, -0.1) is 0 Å². The zero-order valence-electron chi connectivity index (χ0n) is 23.7. The molecule has 222 valence electrons. The standard InChI is InChI=1S/C32H35F3N4O3/c1-3-24-8-4-6-10-28(24)37-31(41)39(18-19-42-2)22-30(40)38(21-23-12-14-26(15-13-23)32(33,34)35)17-16-25-20-36-29-11-7-5-9-27(25)29/h4-15,20,36H,3,16-19,21-22H2,1-2H3,(H,37,41). The molecule has 42 heavy (non-hydrogen) atoms. The minimum atomic E-state index is -4.45. The van der Waals surface area contributed by atoms with E-state index in [1.54, 1.807) is 4.90 Å². The van der Waals surface area contributed by atoms with E-state index in [-0.39, 0.29) is 32.1 Å². The van der Waals surface area contributed by atoms with Crippen molar-refractivity contribution in [3.05, 3.63) is 101 Å². The van der Waals surface area contributed by atoms with Gasteiger partial charge in [-0.3, -0.25) is 4.79 Å². The molecule has 0 bridgehead atoms. The molecule has 0 atom stereocenters. The van der Waals surface area contributed by atoms with Crippen LogP contribution in [-0.4, -0.2) is 60.1 Å². The first-order chi connectivity index (χ1) is 20.2. The maximum atomic E-state index is 13.7. The van der Waals surface area contributed by atoms with E-state index in [0.29, 0.717) is 24.2 Å². The summed E-state index contributed by atoms with van der Waals surface area (Å²) in [5, 5.41) is 3.95. The van der Waals surface area contributed by atoms with Crippen LogP contribution in [0.5, 0.6) is 0 Å².